The van der Waals surface area contributed by atoms with Crippen molar-refractivity contribution in [2.45, 2.75) is 0 Å². The molecule has 0 aromatic heterocycles. The smallest absolute Gasteiger partial charge is 0.235 e. The van der Waals surface area contributed by atoms with Gasteiger partial charge in [-0.3, -0.25) is 9.24 Å². The van der Waals surface area contributed by atoms with Crippen LogP contribution in [0, 0.1) is 0 Å². The van der Waals surface area contributed by atoms with Crippen molar-refractivity contribution >= 4 is 50.8 Å². The van der Waals surface area contributed by atoms with Gasteiger partial charge in [-0.25, -0.2) is 0 Å². The van der Waals surface area contributed by atoms with Gasteiger partial charge >= 0.3 is 0 Å². The van der Waals surface area contributed by atoms with Gasteiger partial charge in [-0.05, 0) is 91.3 Å². The molecule has 0 bridgehead atoms. The van der Waals surface area contributed by atoms with Crippen LogP contribution in [0.2, 0.25) is 0 Å². The summed E-state index contributed by atoms with van der Waals surface area (Å²) in [4.78, 5) is 0. The van der Waals surface area contributed by atoms with Crippen molar-refractivity contribution in [3.8, 4) is 44.5 Å². The Morgan fingerprint density at radius 3 is 1.28 bits per heavy atom. The molecule has 0 unspecified atom stereocenters. The maximum absolute atomic E-state index is 16.0. The first-order valence-electron chi connectivity index (χ1n) is 16.1. The van der Waals surface area contributed by atoms with Crippen LogP contribution < -0.4 is 15.3 Å². The van der Waals surface area contributed by atoms with Gasteiger partial charge in [0.1, 0.15) is 0 Å². The van der Waals surface area contributed by atoms with E-state index in [4.69, 9.17) is 0 Å². The lowest BCUT2D eigenvalue weighted by molar-refractivity contribution is 0.586. The van der Waals surface area contributed by atoms with Crippen molar-refractivity contribution in [1.82, 2.24) is 0 Å². The second-order valence-electron chi connectivity index (χ2n) is 12.4. The average Bonchev–Trinajstić information content (AvgIpc) is 3.14. The number of benzene rings is 8. The van der Waals surface area contributed by atoms with Gasteiger partial charge in [0.2, 0.25) is 7.29 Å². The zero-order chi connectivity index (χ0) is 31.1. The molecule has 0 spiro atoms. The molecule has 0 amide bonds. The maximum atomic E-state index is 16.0. The van der Waals surface area contributed by atoms with Crippen LogP contribution in [0.25, 0.3) is 66.1 Å². The predicted molar refractivity (Wildman–Crippen MR) is 199 cm³/mol. The minimum Gasteiger partial charge on any atom is -0.289 e. The minimum absolute atomic E-state index is 0.888. The summed E-state index contributed by atoms with van der Waals surface area (Å²) >= 11 is 0. The van der Waals surface area contributed by atoms with Gasteiger partial charge < -0.3 is 0 Å². The highest BCUT2D eigenvalue weighted by Crippen LogP contribution is 2.66. The second-order valence-corrected chi connectivity index (χ2v) is 15.0. The van der Waals surface area contributed by atoms with E-state index in [1.165, 1.54) is 32.7 Å². The fraction of sp³-hybridized carbons (Fsp3) is 0. The Morgan fingerprint density at radius 1 is 0.362 bits per heavy atom. The zero-order valence-electron chi connectivity index (χ0n) is 25.5. The summed E-state index contributed by atoms with van der Waals surface area (Å²) in [6, 6.07) is 60.0. The highest BCUT2D eigenvalue weighted by Gasteiger charge is 2.47. The monoisotopic (exact) mass is 617 g/mol. The summed E-state index contributed by atoms with van der Waals surface area (Å²) in [5, 5.41) is 6.66. The van der Waals surface area contributed by atoms with Crippen molar-refractivity contribution in [1.29, 1.82) is 0 Å². The van der Waals surface area contributed by atoms with Crippen molar-refractivity contribution in [2.24, 2.45) is 0 Å². The summed E-state index contributed by atoms with van der Waals surface area (Å²) in [6.07, 6.45) is 0. The number of hydrogen-bond donors (Lipinski definition) is 0. The number of anilines is 2. The molecule has 2 aliphatic rings. The first kappa shape index (κ1) is 26.5. The van der Waals surface area contributed by atoms with Crippen molar-refractivity contribution < 1.29 is 4.57 Å². The first-order valence-corrected chi connectivity index (χ1v) is 17.7. The van der Waals surface area contributed by atoms with Crippen LogP contribution in [0.15, 0.2) is 170 Å². The molecule has 0 atom stereocenters. The van der Waals surface area contributed by atoms with Gasteiger partial charge in [0, 0.05) is 21.7 Å². The van der Waals surface area contributed by atoms with E-state index in [-0.39, 0.29) is 0 Å². The van der Waals surface area contributed by atoms with Gasteiger partial charge in [0.25, 0.3) is 0 Å². The minimum atomic E-state index is -3.28. The Labute approximate surface area is 273 Å². The molecule has 10 rings (SSSR count). The lowest BCUT2D eigenvalue weighted by atomic mass is 9.92. The number of nitrogens with zero attached hydrogens (tertiary/aromatic N) is 1. The maximum Gasteiger partial charge on any atom is 0.235 e. The molecule has 2 aliphatic heterocycles. The standard InChI is InChI=1S/C44H28NOP/c46-47-43-21-7-5-17-37(43)39-27-31(35-19-9-13-29-11-1-3-15-33(29)35)23-25-41(39)45(47)42-26-24-32(28-40(42)38-18-6-8-22-44(38)47)36-20-10-14-30-12-2-4-16-34(30)36/h1-28H. The van der Waals surface area contributed by atoms with E-state index < -0.39 is 7.29 Å². The Balaban J connectivity index is 1.24. The van der Waals surface area contributed by atoms with E-state index in [0.717, 1.165) is 55.4 Å². The third-order valence-electron chi connectivity index (χ3n) is 9.97. The Kier molecular flexibility index (Phi) is 5.59. The third kappa shape index (κ3) is 3.71. The molecule has 8 aromatic carbocycles. The highest BCUT2D eigenvalue weighted by molar-refractivity contribution is 7.81. The second kappa shape index (κ2) is 9.90. The molecule has 0 fully saturated rings. The largest absolute Gasteiger partial charge is 0.289 e. The summed E-state index contributed by atoms with van der Waals surface area (Å²) in [5.74, 6) is 0. The average molecular weight is 618 g/mol. The van der Waals surface area contributed by atoms with Crippen LogP contribution in [0.4, 0.5) is 11.4 Å². The molecule has 0 radical (unpaired) electrons. The van der Waals surface area contributed by atoms with E-state index in [1.807, 2.05) is 12.1 Å². The molecular formula is C44H28NOP. The predicted octanol–water partition coefficient (Wildman–Crippen LogP) is 11.4. The fourth-order valence-electron chi connectivity index (χ4n) is 7.87. The van der Waals surface area contributed by atoms with Crippen LogP contribution in [-0.4, -0.2) is 0 Å². The Morgan fingerprint density at radius 2 is 0.766 bits per heavy atom. The van der Waals surface area contributed by atoms with E-state index in [2.05, 4.69) is 162 Å². The fourth-order valence-corrected chi connectivity index (χ4v) is 11.1. The van der Waals surface area contributed by atoms with Gasteiger partial charge in [-0.15, -0.1) is 0 Å². The van der Waals surface area contributed by atoms with Crippen molar-refractivity contribution in [3.05, 3.63) is 170 Å². The van der Waals surface area contributed by atoms with Gasteiger partial charge in [-0.1, -0.05) is 133 Å². The number of hydrogen-bond acceptors (Lipinski definition) is 1. The molecule has 8 aromatic rings. The van der Waals surface area contributed by atoms with E-state index in [9.17, 15) is 0 Å². The van der Waals surface area contributed by atoms with Crippen LogP contribution in [0.3, 0.4) is 0 Å². The molecule has 2 nitrogen and oxygen atoms in total. The molecule has 3 heteroatoms. The lowest BCUT2D eigenvalue weighted by Gasteiger charge is -2.44. The van der Waals surface area contributed by atoms with Crippen LogP contribution in [0.5, 0.6) is 0 Å². The van der Waals surface area contributed by atoms with E-state index in [1.54, 1.807) is 0 Å². The molecule has 0 N–H and O–H groups in total. The van der Waals surface area contributed by atoms with Gasteiger partial charge in [-0.2, -0.15) is 0 Å². The zero-order valence-corrected chi connectivity index (χ0v) is 26.4. The molecule has 0 aliphatic carbocycles. The normalized spacial score (nSPS) is 13.7. The molecule has 220 valence electrons. The Hall–Kier alpha value is -5.69. The quantitative estimate of drug-likeness (QED) is 0.180. The number of fused-ring (bicyclic) bond motifs is 13. The van der Waals surface area contributed by atoms with Gasteiger partial charge in [0.15, 0.2) is 0 Å². The SMILES string of the molecule is O=P12c3ccccc3-c3cc(-c4cccc5ccccc45)ccc3N1c1ccc(-c3cccc4ccccc34)cc1-c1ccccc12. The van der Waals surface area contributed by atoms with Crippen molar-refractivity contribution in [2.75, 3.05) is 4.67 Å². The van der Waals surface area contributed by atoms with Gasteiger partial charge in [0.05, 0.1) is 11.4 Å². The molecule has 0 saturated heterocycles. The topological polar surface area (TPSA) is 20.3 Å². The van der Waals surface area contributed by atoms with E-state index >= 15 is 4.57 Å². The Bertz CT molecular complexity index is 2450. The summed E-state index contributed by atoms with van der Waals surface area (Å²) in [7, 11) is -3.28. The van der Waals surface area contributed by atoms with Crippen LogP contribution in [0.1, 0.15) is 0 Å². The first-order chi connectivity index (χ1) is 23.2. The number of rotatable bonds is 2. The summed E-state index contributed by atoms with van der Waals surface area (Å²) in [6.45, 7) is 0. The lowest BCUT2D eigenvalue weighted by Crippen LogP contribution is -2.37. The highest BCUT2D eigenvalue weighted by atomic mass is 31.2. The molecular weight excluding hydrogens is 589 g/mol. The molecule has 47 heavy (non-hydrogen) atoms. The van der Waals surface area contributed by atoms with Crippen LogP contribution in [-0.2, 0) is 4.57 Å². The molecule has 0 saturated carbocycles. The molecule has 2 heterocycles. The van der Waals surface area contributed by atoms with Crippen molar-refractivity contribution in [3.63, 3.8) is 0 Å². The van der Waals surface area contributed by atoms with Crippen LogP contribution >= 0.6 is 7.29 Å². The van der Waals surface area contributed by atoms with E-state index in [0.29, 0.717) is 0 Å². The summed E-state index contributed by atoms with van der Waals surface area (Å²) < 4.78 is 18.1. The third-order valence-corrected chi connectivity index (χ3v) is 13.1. The summed E-state index contributed by atoms with van der Waals surface area (Å²) in [5.41, 5.74) is 10.9.